The van der Waals surface area contributed by atoms with Gasteiger partial charge < -0.3 is 4.90 Å². The van der Waals surface area contributed by atoms with E-state index in [2.05, 4.69) is 4.72 Å². The number of nitrogens with one attached hydrogen (secondary N) is 1. The smallest absolute Gasteiger partial charge is 0.246 e. The molecular weight excluding hydrogens is 395 g/mol. The van der Waals surface area contributed by atoms with Gasteiger partial charge in [0.1, 0.15) is 0 Å². The maximum absolute atomic E-state index is 12.2. The molecule has 0 fully saturated rings. The van der Waals surface area contributed by atoms with Crippen LogP contribution in [0.4, 0.5) is 5.69 Å². The Labute approximate surface area is 163 Å². The molecule has 0 saturated carbocycles. The summed E-state index contributed by atoms with van der Waals surface area (Å²) in [5, 5.41) is 1.05. The first-order valence-electron chi connectivity index (χ1n) is 7.59. The molecule has 0 spiro atoms. The Balaban J connectivity index is 1.99. The quantitative estimate of drug-likeness (QED) is 0.727. The highest BCUT2D eigenvalue weighted by molar-refractivity contribution is 7.92. The van der Waals surface area contributed by atoms with Gasteiger partial charge in [-0.2, -0.15) is 0 Å². The van der Waals surface area contributed by atoms with Crippen molar-refractivity contribution in [3.05, 3.63) is 69.7 Å². The minimum atomic E-state index is -3.31. The van der Waals surface area contributed by atoms with Gasteiger partial charge in [0.25, 0.3) is 0 Å². The molecule has 0 saturated heterocycles. The number of rotatable bonds is 6. The van der Waals surface area contributed by atoms with Gasteiger partial charge in [-0.3, -0.25) is 9.52 Å². The Morgan fingerprint density at radius 3 is 2.38 bits per heavy atom. The van der Waals surface area contributed by atoms with E-state index < -0.39 is 10.0 Å². The number of halogens is 2. The molecule has 2 aromatic rings. The molecule has 2 rings (SSSR count). The van der Waals surface area contributed by atoms with E-state index in [4.69, 9.17) is 23.2 Å². The molecule has 0 unspecified atom stereocenters. The third-order valence-electron chi connectivity index (χ3n) is 3.43. The lowest BCUT2D eigenvalue weighted by atomic mass is 10.2. The van der Waals surface area contributed by atoms with Crippen LogP contribution in [-0.2, 0) is 21.4 Å². The summed E-state index contributed by atoms with van der Waals surface area (Å²) in [6.45, 7) is 0.358. The summed E-state index contributed by atoms with van der Waals surface area (Å²) in [6, 6.07) is 11.8. The zero-order valence-corrected chi connectivity index (χ0v) is 16.6. The molecule has 0 aliphatic carbocycles. The molecule has 26 heavy (non-hydrogen) atoms. The fourth-order valence-electron chi connectivity index (χ4n) is 2.15. The van der Waals surface area contributed by atoms with E-state index in [1.165, 1.54) is 11.0 Å². The fourth-order valence-corrected chi connectivity index (χ4v) is 3.19. The van der Waals surface area contributed by atoms with Crippen LogP contribution >= 0.6 is 23.2 Å². The van der Waals surface area contributed by atoms with E-state index in [9.17, 15) is 13.2 Å². The number of hydrogen-bond donors (Lipinski definition) is 1. The second kappa shape index (κ2) is 8.58. The van der Waals surface area contributed by atoms with Crippen LogP contribution in [0, 0.1) is 0 Å². The zero-order chi connectivity index (χ0) is 19.3. The summed E-state index contributed by atoms with van der Waals surface area (Å²) in [6.07, 6.45) is 4.19. The first kappa shape index (κ1) is 20.3. The van der Waals surface area contributed by atoms with E-state index in [1.807, 2.05) is 0 Å². The van der Waals surface area contributed by atoms with Crippen LogP contribution in [0.15, 0.2) is 48.5 Å². The van der Waals surface area contributed by atoms with Crippen molar-refractivity contribution in [1.29, 1.82) is 0 Å². The van der Waals surface area contributed by atoms with Crippen molar-refractivity contribution < 1.29 is 13.2 Å². The lowest BCUT2D eigenvalue weighted by Crippen LogP contribution is -2.24. The van der Waals surface area contributed by atoms with Crippen LogP contribution in [0.25, 0.3) is 6.08 Å². The number of anilines is 1. The van der Waals surface area contributed by atoms with Crippen LogP contribution in [0.5, 0.6) is 0 Å². The summed E-state index contributed by atoms with van der Waals surface area (Å²) in [5.74, 6) is -0.186. The molecule has 138 valence electrons. The molecule has 1 N–H and O–H groups in total. The van der Waals surface area contributed by atoms with Gasteiger partial charge in [-0.15, -0.1) is 0 Å². The number of carbonyl (C=O) groups is 1. The second-order valence-electron chi connectivity index (χ2n) is 5.76. The van der Waals surface area contributed by atoms with E-state index in [-0.39, 0.29) is 5.91 Å². The third kappa shape index (κ3) is 6.37. The number of amides is 1. The minimum Gasteiger partial charge on any atom is -0.338 e. The molecule has 0 aliphatic rings. The van der Waals surface area contributed by atoms with Crippen LogP contribution in [0.2, 0.25) is 10.0 Å². The number of carbonyl (C=O) groups excluding carboxylic acids is 1. The summed E-state index contributed by atoms with van der Waals surface area (Å²) in [5.41, 5.74) is 2.04. The Hall–Kier alpha value is -2.02. The predicted molar refractivity (Wildman–Crippen MR) is 107 cm³/mol. The van der Waals surface area contributed by atoms with Gasteiger partial charge in [-0.05, 0) is 41.5 Å². The van der Waals surface area contributed by atoms with Crippen LogP contribution in [0.1, 0.15) is 11.1 Å². The van der Waals surface area contributed by atoms with Crippen molar-refractivity contribution >= 4 is 50.9 Å². The topological polar surface area (TPSA) is 66.5 Å². The molecule has 0 bridgehead atoms. The van der Waals surface area contributed by atoms with Gasteiger partial charge in [-0.25, -0.2) is 8.42 Å². The molecule has 0 atom stereocenters. The number of likely N-dealkylation sites (N-methyl/N-ethyl adjacent to an activating group) is 1. The number of nitrogens with zero attached hydrogens (tertiary/aromatic N) is 1. The Morgan fingerprint density at radius 1 is 1.15 bits per heavy atom. The van der Waals surface area contributed by atoms with E-state index in [1.54, 1.807) is 55.6 Å². The molecule has 2 aromatic carbocycles. The highest BCUT2D eigenvalue weighted by atomic mass is 35.5. The van der Waals surface area contributed by atoms with Gasteiger partial charge in [-0.1, -0.05) is 41.4 Å². The molecule has 0 aliphatic heterocycles. The van der Waals surface area contributed by atoms with E-state index >= 15 is 0 Å². The summed E-state index contributed by atoms with van der Waals surface area (Å²) >= 11 is 12.0. The van der Waals surface area contributed by atoms with Crippen molar-refractivity contribution in [2.24, 2.45) is 0 Å². The van der Waals surface area contributed by atoms with Gasteiger partial charge in [0.15, 0.2) is 0 Å². The highest BCUT2D eigenvalue weighted by Crippen LogP contribution is 2.22. The Morgan fingerprint density at radius 2 is 1.81 bits per heavy atom. The molecule has 0 aromatic heterocycles. The third-order valence-corrected chi connectivity index (χ3v) is 4.62. The van der Waals surface area contributed by atoms with Gasteiger partial charge in [0, 0.05) is 35.4 Å². The van der Waals surface area contributed by atoms with Crippen molar-refractivity contribution in [1.82, 2.24) is 4.90 Å². The average molecular weight is 413 g/mol. The summed E-state index contributed by atoms with van der Waals surface area (Å²) in [7, 11) is -1.63. The zero-order valence-electron chi connectivity index (χ0n) is 14.2. The molecule has 1 amide bonds. The average Bonchev–Trinajstić information content (AvgIpc) is 2.55. The van der Waals surface area contributed by atoms with Crippen LogP contribution < -0.4 is 4.72 Å². The molecule has 5 nitrogen and oxygen atoms in total. The predicted octanol–water partition coefficient (Wildman–Crippen LogP) is 4.04. The fraction of sp³-hybridized carbons (Fsp3) is 0.167. The standard InChI is InChI=1S/C18H18Cl2N2O3S/c1-22(12-14-6-7-15(19)11-17(14)20)18(23)10-5-13-3-8-16(9-4-13)21-26(2,24)25/h3-11,21H,12H2,1-2H3/b10-5+. The van der Waals surface area contributed by atoms with Crippen molar-refractivity contribution in [3.8, 4) is 0 Å². The lowest BCUT2D eigenvalue weighted by molar-refractivity contribution is -0.125. The van der Waals surface area contributed by atoms with Gasteiger partial charge in [0.2, 0.25) is 15.9 Å². The van der Waals surface area contributed by atoms with E-state index in [0.29, 0.717) is 22.3 Å². The maximum atomic E-state index is 12.2. The molecule has 0 heterocycles. The van der Waals surface area contributed by atoms with E-state index in [0.717, 1.165) is 17.4 Å². The molecular formula is C18H18Cl2N2O3S. The highest BCUT2D eigenvalue weighted by Gasteiger charge is 2.09. The lowest BCUT2D eigenvalue weighted by Gasteiger charge is -2.16. The van der Waals surface area contributed by atoms with Crippen molar-refractivity contribution in [2.45, 2.75) is 6.54 Å². The summed E-state index contributed by atoms with van der Waals surface area (Å²) < 4.78 is 24.7. The minimum absolute atomic E-state index is 0.186. The number of sulfonamides is 1. The SMILES string of the molecule is CN(Cc1ccc(Cl)cc1Cl)C(=O)/C=C/c1ccc(NS(C)(=O)=O)cc1. The van der Waals surface area contributed by atoms with Gasteiger partial charge >= 0.3 is 0 Å². The number of benzene rings is 2. The number of hydrogen-bond acceptors (Lipinski definition) is 3. The Bertz CT molecular complexity index is 926. The largest absolute Gasteiger partial charge is 0.338 e. The normalized spacial score (nSPS) is 11.5. The van der Waals surface area contributed by atoms with Gasteiger partial charge in [0.05, 0.1) is 6.26 Å². The first-order valence-corrected chi connectivity index (χ1v) is 10.2. The monoisotopic (exact) mass is 412 g/mol. The van der Waals surface area contributed by atoms with Crippen molar-refractivity contribution in [2.75, 3.05) is 18.0 Å². The summed E-state index contributed by atoms with van der Waals surface area (Å²) in [4.78, 5) is 13.8. The maximum Gasteiger partial charge on any atom is 0.246 e. The second-order valence-corrected chi connectivity index (χ2v) is 8.35. The first-order chi connectivity index (χ1) is 12.1. The Kier molecular flexibility index (Phi) is 6.69. The van der Waals surface area contributed by atoms with Crippen LogP contribution in [-0.4, -0.2) is 32.5 Å². The van der Waals surface area contributed by atoms with Crippen LogP contribution in [0.3, 0.4) is 0 Å². The molecule has 8 heteroatoms. The van der Waals surface area contributed by atoms with Crippen molar-refractivity contribution in [3.63, 3.8) is 0 Å². The molecule has 0 radical (unpaired) electrons.